The number of aromatic nitrogens is 1. The highest BCUT2D eigenvalue weighted by Crippen LogP contribution is 2.27. The molecule has 1 N–H and O–H groups in total. The van der Waals surface area contributed by atoms with Crippen LogP contribution in [0.1, 0.15) is 44.7 Å². The lowest BCUT2D eigenvalue weighted by Gasteiger charge is -2.14. The van der Waals surface area contributed by atoms with Crippen LogP contribution < -0.4 is 10.1 Å². The number of nitrogens with one attached hydrogen (secondary N) is 1. The van der Waals surface area contributed by atoms with E-state index in [9.17, 15) is 0 Å². The van der Waals surface area contributed by atoms with E-state index in [1.54, 1.807) is 12.4 Å². The lowest BCUT2D eigenvalue weighted by Crippen LogP contribution is -2.22. The minimum absolute atomic E-state index is 0.440. The van der Waals surface area contributed by atoms with Gasteiger partial charge in [0.05, 0.1) is 6.20 Å². The average molecular weight is 284 g/mol. The molecule has 0 amide bonds. The summed E-state index contributed by atoms with van der Waals surface area (Å²) in [7, 11) is 0. The fourth-order valence-corrected chi connectivity index (χ4v) is 2.02. The molecule has 0 radical (unpaired) electrons. The van der Waals surface area contributed by atoms with Gasteiger partial charge in [-0.1, -0.05) is 39.8 Å². The molecule has 3 heteroatoms. The second kappa shape index (κ2) is 7.23. The van der Waals surface area contributed by atoms with Gasteiger partial charge in [-0.25, -0.2) is 0 Å². The molecule has 2 aromatic rings. The van der Waals surface area contributed by atoms with Crippen molar-refractivity contribution >= 4 is 0 Å². The Morgan fingerprint density at radius 1 is 1.14 bits per heavy atom. The number of ether oxygens (including phenoxy) is 1. The van der Waals surface area contributed by atoms with Gasteiger partial charge in [-0.3, -0.25) is 4.98 Å². The molecule has 0 aliphatic heterocycles. The molecule has 0 unspecified atom stereocenters. The number of rotatable bonds is 6. The maximum atomic E-state index is 6.03. The van der Waals surface area contributed by atoms with Gasteiger partial charge in [0, 0.05) is 24.3 Å². The zero-order chi connectivity index (χ0) is 15.2. The van der Waals surface area contributed by atoms with Crippen LogP contribution in [0.5, 0.6) is 11.5 Å². The SMILES string of the molecule is CC(C)NCc1ccncc1Oc1cccc(C(C)C)c1. The van der Waals surface area contributed by atoms with Crippen LogP contribution in [-0.2, 0) is 6.54 Å². The van der Waals surface area contributed by atoms with Crippen molar-refractivity contribution in [3.8, 4) is 11.5 Å². The second-order valence-corrected chi connectivity index (χ2v) is 5.85. The lowest BCUT2D eigenvalue weighted by atomic mass is 10.0. The molecule has 2 rings (SSSR count). The number of benzene rings is 1. The van der Waals surface area contributed by atoms with Crippen molar-refractivity contribution < 1.29 is 4.74 Å². The van der Waals surface area contributed by atoms with Gasteiger partial charge in [-0.05, 0) is 29.7 Å². The summed E-state index contributed by atoms with van der Waals surface area (Å²) in [5.74, 6) is 2.16. The minimum Gasteiger partial charge on any atom is -0.455 e. The van der Waals surface area contributed by atoms with E-state index in [0.29, 0.717) is 12.0 Å². The van der Waals surface area contributed by atoms with E-state index in [2.05, 4.69) is 50.1 Å². The number of nitrogens with zero attached hydrogens (tertiary/aromatic N) is 1. The van der Waals surface area contributed by atoms with Crippen LogP contribution in [0.25, 0.3) is 0 Å². The first kappa shape index (κ1) is 15.5. The first-order valence-corrected chi connectivity index (χ1v) is 7.50. The third-order valence-electron chi connectivity index (χ3n) is 3.32. The Bertz CT molecular complexity index is 579. The van der Waals surface area contributed by atoms with Gasteiger partial charge in [-0.2, -0.15) is 0 Å². The van der Waals surface area contributed by atoms with Crippen molar-refractivity contribution in [2.45, 2.75) is 46.2 Å². The third-order valence-corrected chi connectivity index (χ3v) is 3.32. The van der Waals surface area contributed by atoms with Crippen LogP contribution in [0.3, 0.4) is 0 Å². The molecule has 1 aromatic carbocycles. The van der Waals surface area contributed by atoms with Crippen LogP contribution in [0.4, 0.5) is 0 Å². The van der Waals surface area contributed by atoms with Crippen LogP contribution >= 0.6 is 0 Å². The van der Waals surface area contributed by atoms with Gasteiger partial charge in [0.15, 0.2) is 0 Å². The van der Waals surface area contributed by atoms with E-state index in [1.807, 2.05) is 18.2 Å². The monoisotopic (exact) mass is 284 g/mol. The smallest absolute Gasteiger partial charge is 0.150 e. The fraction of sp³-hybridized carbons (Fsp3) is 0.389. The van der Waals surface area contributed by atoms with Gasteiger partial charge in [0.2, 0.25) is 0 Å². The van der Waals surface area contributed by atoms with Crippen molar-refractivity contribution in [3.63, 3.8) is 0 Å². The summed E-state index contributed by atoms with van der Waals surface area (Å²) in [6, 6.07) is 10.7. The van der Waals surface area contributed by atoms with E-state index in [1.165, 1.54) is 5.56 Å². The number of hydrogen-bond donors (Lipinski definition) is 1. The molecule has 0 bridgehead atoms. The highest BCUT2D eigenvalue weighted by Gasteiger charge is 2.07. The van der Waals surface area contributed by atoms with Gasteiger partial charge < -0.3 is 10.1 Å². The Hall–Kier alpha value is -1.87. The first-order chi connectivity index (χ1) is 10.1. The molecule has 0 spiro atoms. The summed E-state index contributed by atoms with van der Waals surface area (Å²) in [6.45, 7) is 9.41. The van der Waals surface area contributed by atoms with Crippen LogP contribution in [-0.4, -0.2) is 11.0 Å². The largest absolute Gasteiger partial charge is 0.455 e. The minimum atomic E-state index is 0.440. The highest BCUT2D eigenvalue weighted by atomic mass is 16.5. The van der Waals surface area contributed by atoms with Crippen molar-refractivity contribution in [1.82, 2.24) is 10.3 Å². The second-order valence-electron chi connectivity index (χ2n) is 5.85. The van der Waals surface area contributed by atoms with Gasteiger partial charge >= 0.3 is 0 Å². The summed E-state index contributed by atoms with van der Waals surface area (Å²) in [4.78, 5) is 4.17. The maximum Gasteiger partial charge on any atom is 0.150 e. The summed E-state index contributed by atoms with van der Waals surface area (Å²) in [5.41, 5.74) is 2.40. The molecule has 112 valence electrons. The number of pyridine rings is 1. The molecule has 0 aliphatic carbocycles. The third kappa shape index (κ3) is 4.57. The van der Waals surface area contributed by atoms with E-state index >= 15 is 0 Å². The molecule has 1 aromatic heterocycles. The molecular formula is C18H24N2O. The predicted molar refractivity (Wildman–Crippen MR) is 86.8 cm³/mol. The molecule has 0 atom stereocenters. The summed E-state index contributed by atoms with van der Waals surface area (Å²) >= 11 is 0. The summed E-state index contributed by atoms with van der Waals surface area (Å²) in [6.07, 6.45) is 3.58. The summed E-state index contributed by atoms with van der Waals surface area (Å²) < 4.78 is 6.03. The van der Waals surface area contributed by atoms with E-state index in [-0.39, 0.29) is 0 Å². The standard InChI is InChI=1S/C18H24N2O/c1-13(2)15-6-5-7-17(10-15)21-18-12-19-9-8-16(18)11-20-14(3)4/h5-10,12-14,20H,11H2,1-4H3. The molecule has 0 saturated carbocycles. The Kier molecular flexibility index (Phi) is 5.34. The Morgan fingerprint density at radius 3 is 2.67 bits per heavy atom. The van der Waals surface area contributed by atoms with Crippen LogP contribution in [0.15, 0.2) is 42.7 Å². The van der Waals surface area contributed by atoms with Gasteiger partial charge in [0.25, 0.3) is 0 Å². The predicted octanol–water partition coefficient (Wildman–Crippen LogP) is 4.50. The quantitative estimate of drug-likeness (QED) is 0.848. The van der Waals surface area contributed by atoms with Crippen molar-refractivity contribution in [2.75, 3.05) is 0 Å². The van der Waals surface area contributed by atoms with Gasteiger partial charge in [-0.15, -0.1) is 0 Å². The molecule has 21 heavy (non-hydrogen) atoms. The molecule has 1 heterocycles. The summed E-state index contributed by atoms with van der Waals surface area (Å²) in [5, 5.41) is 3.41. The maximum absolute atomic E-state index is 6.03. The fourth-order valence-electron chi connectivity index (χ4n) is 2.02. The molecule has 0 fully saturated rings. The van der Waals surface area contributed by atoms with Crippen molar-refractivity contribution in [1.29, 1.82) is 0 Å². The highest BCUT2D eigenvalue weighted by molar-refractivity contribution is 5.37. The molecule has 0 aliphatic rings. The Balaban J connectivity index is 2.17. The lowest BCUT2D eigenvalue weighted by molar-refractivity contribution is 0.466. The van der Waals surface area contributed by atoms with E-state index < -0.39 is 0 Å². The zero-order valence-electron chi connectivity index (χ0n) is 13.3. The molecule has 3 nitrogen and oxygen atoms in total. The Morgan fingerprint density at radius 2 is 1.95 bits per heavy atom. The van der Waals surface area contributed by atoms with E-state index in [4.69, 9.17) is 4.74 Å². The molecular weight excluding hydrogens is 260 g/mol. The van der Waals surface area contributed by atoms with Crippen LogP contribution in [0, 0.1) is 0 Å². The number of hydrogen-bond acceptors (Lipinski definition) is 3. The van der Waals surface area contributed by atoms with E-state index in [0.717, 1.165) is 23.6 Å². The average Bonchev–Trinajstić information content (AvgIpc) is 2.46. The van der Waals surface area contributed by atoms with Crippen molar-refractivity contribution in [2.24, 2.45) is 0 Å². The van der Waals surface area contributed by atoms with Crippen LogP contribution in [0.2, 0.25) is 0 Å². The van der Waals surface area contributed by atoms with Crippen molar-refractivity contribution in [3.05, 3.63) is 53.9 Å². The Labute approximate surface area is 127 Å². The normalized spacial score (nSPS) is 11.1. The topological polar surface area (TPSA) is 34.2 Å². The van der Waals surface area contributed by atoms with Gasteiger partial charge in [0.1, 0.15) is 11.5 Å². The first-order valence-electron chi connectivity index (χ1n) is 7.50. The molecule has 0 saturated heterocycles. The zero-order valence-corrected chi connectivity index (χ0v) is 13.3.